The van der Waals surface area contributed by atoms with Crippen LogP contribution in [-0.2, 0) is 9.53 Å². The number of benzene rings is 3. The van der Waals surface area contributed by atoms with Gasteiger partial charge in [0.15, 0.2) is 5.78 Å². The maximum Gasteiger partial charge on any atom is 0.325 e. The van der Waals surface area contributed by atoms with Crippen molar-refractivity contribution in [3.63, 3.8) is 0 Å². The number of rotatable bonds is 5. The van der Waals surface area contributed by atoms with E-state index < -0.39 is 17.8 Å². The lowest BCUT2D eigenvalue weighted by Crippen LogP contribution is -2.30. The summed E-state index contributed by atoms with van der Waals surface area (Å²) >= 11 is 0. The monoisotopic (exact) mass is 414 g/mol. The first kappa shape index (κ1) is 20.0. The molecule has 31 heavy (non-hydrogen) atoms. The zero-order valence-corrected chi connectivity index (χ0v) is 16.6. The van der Waals surface area contributed by atoms with E-state index in [1.807, 2.05) is 18.2 Å². The summed E-state index contributed by atoms with van der Waals surface area (Å²) in [6.07, 6.45) is 0. The summed E-state index contributed by atoms with van der Waals surface area (Å²) in [6, 6.07) is 18.7. The Balaban J connectivity index is 1.50. The summed E-state index contributed by atoms with van der Waals surface area (Å²) in [6.45, 7) is -0.253. The number of methoxy groups -OCH3 is 1. The third-order valence-electron chi connectivity index (χ3n) is 4.99. The lowest BCUT2D eigenvalue weighted by Gasteiger charge is -2.09. The summed E-state index contributed by atoms with van der Waals surface area (Å²) in [5.74, 6) is -1.54. The molecule has 1 aliphatic rings. The number of hydrogen-bond acceptors (Lipinski definition) is 5. The average molecular weight is 414 g/mol. The van der Waals surface area contributed by atoms with E-state index in [2.05, 4.69) is 15.4 Å². The minimum Gasteiger partial charge on any atom is -0.468 e. The maximum atomic E-state index is 12.7. The maximum absolute atomic E-state index is 12.7. The normalized spacial score (nSPS) is 11.3. The summed E-state index contributed by atoms with van der Waals surface area (Å²) in [5, 5.41) is 5.17. The molecule has 0 aromatic heterocycles. The van der Waals surface area contributed by atoms with Crippen LogP contribution in [0, 0.1) is 0 Å². The number of anilines is 1. The fourth-order valence-electron chi connectivity index (χ4n) is 3.44. The van der Waals surface area contributed by atoms with Crippen LogP contribution in [0.5, 0.6) is 0 Å². The average Bonchev–Trinajstić information content (AvgIpc) is 3.09. The van der Waals surface area contributed by atoms with E-state index in [-0.39, 0.29) is 17.9 Å². The molecule has 0 saturated heterocycles. The second kappa shape index (κ2) is 8.23. The number of carbonyl (C=O) groups is 4. The van der Waals surface area contributed by atoms with Gasteiger partial charge in [-0.25, -0.2) is 0 Å². The van der Waals surface area contributed by atoms with Crippen molar-refractivity contribution in [2.45, 2.75) is 0 Å². The van der Waals surface area contributed by atoms with Gasteiger partial charge in [0, 0.05) is 27.9 Å². The SMILES string of the molecule is COC(=O)CNC(=O)c1cccc(NC(=O)c2ccc3c(c2)C(=O)c2ccccc2-3)c1. The Morgan fingerprint density at radius 3 is 2.26 bits per heavy atom. The molecule has 0 unspecified atom stereocenters. The highest BCUT2D eigenvalue weighted by Crippen LogP contribution is 2.36. The van der Waals surface area contributed by atoms with Gasteiger partial charge in [-0.15, -0.1) is 0 Å². The topological polar surface area (TPSA) is 102 Å². The molecule has 4 rings (SSSR count). The standard InChI is InChI=1S/C24H18N2O5/c1-31-21(27)13-25-23(29)14-5-4-6-16(11-14)26-24(30)15-9-10-18-17-7-2-3-8-19(17)22(28)20(18)12-15/h2-12H,13H2,1H3,(H,25,29)(H,26,30). The second-order valence-corrected chi connectivity index (χ2v) is 6.93. The van der Waals surface area contributed by atoms with Crippen LogP contribution >= 0.6 is 0 Å². The molecule has 0 radical (unpaired) electrons. The first-order chi connectivity index (χ1) is 15.0. The molecule has 2 N–H and O–H groups in total. The van der Waals surface area contributed by atoms with E-state index in [1.165, 1.54) is 13.2 Å². The van der Waals surface area contributed by atoms with E-state index in [0.29, 0.717) is 22.4 Å². The molecule has 3 aromatic rings. The van der Waals surface area contributed by atoms with Crippen LogP contribution in [0.2, 0.25) is 0 Å². The van der Waals surface area contributed by atoms with Crippen molar-refractivity contribution in [2.75, 3.05) is 19.0 Å². The van der Waals surface area contributed by atoms with Crippen LogP contribution in [0.4, 0.5) is 5.69 Å². The van der Waals surface area contributed by atoms with Crippen molar-refractivity contribution >= 4 is 29.3 Å². The Labute approximate surface area is 178 Å². The van der Waals surface area contributed by atoms with E-state index >= 15 is 0 Å². The van der Waals surface area contributed by atoms with Gasteiger partial charge in [-0.1, -0.05) is 36.4 Å². The van der Waals surface area contributed by atoms with Crippen LogP contribution in [0.3, 0.4) is 0 Å². The van der Waals surface area contributed by atoms with Crippen molar-refractivity contribution in [3.8, 4) is 11.1 Å². The molecule has 3 aromatic carbocycles. The third-order valence-corrected chi connectivity index (χ3v) is 4.99. The first-order valence-corrected chi connectivity index (χ1v) is 9.52. The summed E-state index contributed by atoms with van der Waals surface area (Å²) < 4.78 is 4.49. The van der Waals surface area contributed by atoms with Gasteiger partial charge < -0.3 is 15.4 Å². The molecular weight excluding hydrogens is 396 g/mol. The van der Waals surface area contributed by atoms with E-state index in [4.69, 9.17) is 0 Å². The number of carbonyl (C=O) groups excluding carboxylic acids is 4. The Hall–Kier alpha value is -4.26. The van der Waals surface area contributed by atoms with Crippen LogP contribution < -0.4 is 10.6 Å². The van der Waals surface area contributed by atoms with Crippen molar-refractivity contribution in [3.05, 3.63) is 89.0 Å². The van der Waals surface area contributed by atoms with Crippen molar-refractivity contribution < 1.29 is 23.9 Å². The molecule has 0 atom stereocenters. The number of esters is 1. The van der Waals surface area contributed by atoms with Crippen LogP contribution in [0.25, 0.3) is 11.1 Å². The molecule has 1 aliphatic carbocycles. The lowest BCUT2D eigenvalue weighted by molar-refractivity contribution is -0.139. The molecule has 7 heteroatoms. The van der Waals surface area contributed by atoms with Crippen LogP contribution in [0.1, 0.15) is 36.6 Å². The van der Waals surface area contributed by atoms with Gasteiger partial charge in [-0.3, -0.25) is 19.2 Å². The van der Waals surface area contributed by atoms with E-state index in [0.717, 1.165) is 11.1 Å². The molecule has 0 fully saturated rings. The first-order valence-electron chi connectivity index (χ1n) is 9.52. The highest BCUT2D eigenvalue weighted by Gasteiger charge is 2.27. The second-order valence-electron chi connectivity index (χ2n) is 6.93. The molecule has 0 aliphatic heterocycles. The molecule has 7 nitrogen and oxygen atoms in total. The van der Waals surface area contributed by atoms with E-state index in [1.54, 1.807) is 42.5 Å². The van der Waals surface area contributed by atoms with Crippen molar-refractivity contribution in [2.24, 2.45) is 0 Å². The Kier molecular flexibility index (Phi) is 5.32. The molecular formula is C24H18N2O5. The molecule has 0 spiro atoms. The molecule has 0 bridgehead atoms. The number of amides is 2. The number of nitrogens with one attached hydrogen (secondary N) is 2. The highest BCUT2D eigenvalue weighted by atomic mass is 16.5. The number of ketones is 1. The predicted molar refractivity (Wildman–Crippen MR) is 114 cm³/mol. The molecule has 2 amide bonds. The van der Waals surface area contributed by atoms with Gasteiger partial charge in [0.05, 0.1) is 7.11 Å². The lowest BCUT2D eigenvalue weighted by atomic mass is 10.0. The highest BCUT2D eigenvalue weighted by molar-refractivity contribution is 6.22. The Morgan fingerprint density at radius 1 is 0.774 bits per heavy atom. The summed E-state index contributed by atoms with van der Waals surface area (Å²) in [5.41, 5.74) is 3.81. The number of hydrogen-bond donors (Lipinski definition) is 2. The fraction of sp³-hybridized carbons (Fsp3) is 0.0833. The molecule has 0 heterocycles. The van der Waals surface area contributed by atoms with E-state index in [9.17, 15) is 19.2 Å². The zero-order chi connectivity index (χ0) is 22.0. The van der Waals surface area contributed by atoms with Gasteiger partial charge in [0.25, 0.3) is 11.8 Å². The molecule has 0 saturated carbocycles. The van der Waals surface area contributed by atoms with Gasteiger partial charge in [-0.2, -0.15) is 0 Å². The smallest absolute Gasteiger partial charge is 0.325 e. The van der Waals surface area contributed by atoms with Gasteiger partial charge in [-0.05, 0) is 41.5 Å². The van der Waals surface area contributed by atoms with Crippen LogP contribution in [-0.4, -0.2) is 37.2 Å². The predicted octanol–water partition coefficient (Wildman–Crippen LogP) is 3.05. The zero-order valence-electron chi connectivity index (χ0n) is 16.6. The van der Waals surface area contributed by atoms with Gasteiger partial charge in [0.1, 0.15) is 6.54 Å². The quantitative estimate of drug-likeness (QED) is 0.489. The minimum absolute atomic E-state index is 0.107. The van der Waals surface area contributed by atoms with Gasteiger partial charge >= 0.3 is 5.97 Å². The van der Waals surface area contributed by atoms with Crippen molar-refractivity contribution in [1.29, 1.82) is 0 Å². The third kappa shape index (κ3) is 3.93. The summed E-state index contributed by atoms with van der Waals surface area (Å²) in [4.78, 5) is 48.8. The van der Waals surface area contributed by atoms with Gasteiger partial charge in [0.2, 0.25) is 0 Å². The van der Waals surface area contributed by atoms with Crippen LogP contribution in [0.15, 0.2) is 66.7 Å². The molecule has 154 valence electrons. The van der Waals surface area contributed by atoms with Crippen molar-refractivity contribution in [1.82, 2.24) is 5.32 Å². The fourth-order valence-corrected chi connectivity index (χ4v) is 3.44. The summed E-state index contributed by atoms with van der Waals surface area (Å²) in [7, 11) is 1.23. The number of fused-ring (bicyclic) bond motifs is 3. The number of ether oxygens (including phenoxy) is 1. The Morgan fingerprint density at radius 2 is 1.48 bits per heavy atom. The Bertz CT molecular complexity index is 1230. The minimum atomic E-state index is -0.564. The largest absolute Gasteiger partial charge is 0.468 e.